The zero-order valence-corrected chi connectivity index (χ0v) is 38.4. The molecule has 1 heterocycles. The zero-order chi connectivity index (χ0) is 44.7. The molecule has 61 heavy (non-hydrogen) atoms. The van der Waals surface area contributed by atoms with Gasteiger partial charge in [-0.3, -0.25) is 0 Å². The first-order valence-corrected chi connectivity index (χ1v) is 21.7. The van der Waals surface area contributed by atoms with E-state index in [9.17, 15) is 4.79 Å². The Hall–Kier alpha value is -3.97. The molecule has 0 spiro atoms. The maximum absolute atomic E-state index is 12.1. The SMILES string of the molecule is C=C/C=C\[C@H](C)[C@H](OC(N)=O)[C@@H](C)[C@@H](CC/C=C\[C@H](C)[C@H](OCc1ccc(OC)cc1)[C@@H](C)/C=C\CC[C@@H]1O[C@@H](OC)[C@H](C)[C@@H](OCOC)[C@H]1C)OCc1ccc(OC)cc1. The van der Waals surface area contributed by atoms with Crippen molar-refractivity contribution in [2.45, 2.75) is 117 Å². The Kier molecular flexibility index (Phi) is 23.5. The number of carbonyl (C=O) groups excluding carboxylic acids is 1. The largest absolute Gasteiger partial charge is 0.497 e. The monoisotopic (exact) mass is 850 g/mol. The van der Waals surface area contributed by atoms with Crippen molar-refractivity contribution >= 4 is 6.09 Å². The maximum atomic E-state index is 12.1. The van der Waals surface area contributed by atoms with Crippen LogP contribution in [0, 0.1) is 35.5 Å². The van der Waals surface area contributed by atoms with Crippen LogP contribution in [0.4, 0.5) is 4.79 Å². The summed E-state index contributed by atoms with van der Waals surface area (Å²) in [6, 6.07) is 15.8. The minimum absolute atomic E-state index is 0.0110. The third kappa shape index (κ3) is 17.0. The summed E-state index contributed by atoms with van der Waals surface area (Å²) in [4.78, 5) is 12.1. The van der Waals surface area contributed by atoms with E-state index >= 15 is 0 Å². The van der Waals surface area contributed by atoms with Crippen LogP contribution in [0.1, 0.15) is 78.4 Å². The standard InChI is InChI=1S/C50H75NO10/c1-12-13-18-36(4)47(61-50(51)52)37(5)44(57-31-40-23-27-42(54-9)28-24-40)21-16-14-19-34(2)46(58-32-41-25-29-43(55-10)30-26-41)35(3)20-15-17-22-45-38(6)48(59-33-53-8)39(7)49(56-11)60-45/h12-15,18-20,23-30,34-39,44-49H,1,16-17,21-22,31-33H2,2-11H3,(H2,51,52)/b18-13-,19-14-,20-15-/t34-,35-,36-,37-,38-,39+,44+,45-,46-,47-,48-,49+/m0/s1. The number of allylic oxidation sites excluding steroid dienone is 4. The molecule has 0 aliphatic carbocycles. The van der Waals surface area contributed by atoms with Crippen molar-refractivity contribution in [2.75, 3.05) is 35.2 Å². The summed E-state index contributed by atoms with van der Waals surface area (Å²) in [7, 11) is 6.64. The van der Waals surface area contributed by atoms with Crippen LogP contribution in [0.5, 0.6) is 11.5 Å². The average Bonchev–Trinajstić information content (AvgIpc) is 3.26. The van der Waals surface area contributed by atoms with Crippen molar-refractivity contribution in [1.29, 1.82) is 0 Å². The van der Waals surface area contributed by atoms with Crippen LogP contribution >= 0.6 is 0 Å². The van der Waals surface area contributed by atoms with Crippen LogP contribution in [-0.2, 0) is 46.4 Å². The number of nitrogens with two attached hydrogens (primary N) is 1. The first-order valence-electron chi connectivity index (χ1n) is 21.7. The van der Waals surface area contributed by atoms with E-state index in [4.69, 9.17) is 48.4 Å². The molecule has 340 valence electrons. The molecular formula is C50H75NO10. The van der Waals surface area contributed by atoms with E-state index in [0.29, 0.717) is 19.6 Å². The Morgan fingerprint density at radius 2 is 1.33 bits per heavy atom. The molecule has 2 N–H and O–H groups in total. The normalized spacial score (nSPS) is 23.0. The number of hydrogen-bond donors (Lipinski definition) is 1. The van der Waals surface area contributed by atoms with Crippen molar-refractivity contribution < 1.29 is 47.4 Å². The Morgan fingerprint density at radius 3 is 1.85 bits per heavy atom. The van der Waals surface area contributed by atoms with Crippen LogP contribution in [0.25, 0.3) is 0 Å². The molecule has 1 aliphatic heterocycles. The fraction of sp³-hybridized carbons (Fsp3) is 0.580. The average molecular weight is 850 g/mol. The number of rotatable bonds is 28. The van der Waals surface area contributed by atoms with Crippen LogP contribution in [0.2, 0.25) is 0 Å². The van der Waals surface area contributed by atoms with Crippen molar-refractivity contribution in [3.8, 4) is 11.5 Å². The lowest BCUT2D eigenvalue weighted by molar-refractivity contribution is -0.271. The minimum Gasteiger partial charge on any atom is -0.497 e. The Labute approximate surface area is 366 Å². The molecule has 0 unspecified atom stereocenters. The first kappa shape index (κ1) is 51.4. The summed E-state index contributed by atoms with van der Waals surface area (Å²) in [6.07, 6.45) is 15.6. The summed E-state index contributed by atoms with van der Waals surface area (Å²) >= 11 is 0. The molecule has 1 fully saturated rings. The Balaban J connectivity index is 1.76. The number of primary amides is 1. The number of ether oxygens (including phenoxy) is 9. The number of methoxy groups -OCH3 is 4. The quantitative estimate of drug-likeness (QED) is 0.0502. The summed E-state index contributed by atoms with van der Waals surface area (Å²) in [5.41, 5.74) is 7.66. The number of benzene rings is 2. The van der Waals surface area contributed by atoms with Gasteiger partial charge in [-0.2, -0.15) is 0 Å². The summed E-state index contributed by atoms with van der Waals surface area (Å²) in [5, 5.41) is 0. The molecule has 0 bridgehead atoms. The lowest BCUT2D eigenvalue weighted by Gasteiger charge is -2.43. The lowest BCUT2D eigenvalue weighted by Crippen LogP contribution is -2.50. The van der Waals surface area contributed by atoms with Gasteiger partial charge >= 0.3 is 6.09 Å². The predicted octanol–water partition coefficient (Wildman–Crippen LogP) is 10.2. The van der Waals surface area contributed by atoms with E-state index in [0.717, 1.165) is 41.9 Å². The van der Waals surface area contributed by atoms with Gasteiger partial charge in [0, 0.05) is 49.7 Å². The smallest absolute Gasteiger partial charge is 0.404 e. The Morgan fingerprint density at radius 1 is 0.770 bits per heavy atom. The summed E-state index contributed by atoms with van der Waals surface area (Å²) in [6.45, 7) is 17.6. The van der Waals surface area contributed by atoms with Crippen LogP contribution in [0.3, 0.4) is 0 Å². The van der Waals surface area contributed by atoms with Crippen molar-refractivity contribution in [3.63, 3.8) is 0 Å². The highest BCUT2D eigenvalue weighted by atomic mass is 16.7. The summed E-state index contributed by atoms with van der Waals surface area (Å²) < 4.78 is 53.1. The van der Waals surface area contributed by atoms with Crippen LogP contribution in [0.15, 0.2) is 97.6 Å². The number of hydrogen-bond acceptors (Lipinski definition) is 10. The fourth-order valence-corrected chi connectivity index (χ4v) is 8.20. The van der Waals surface area contributed by atoms with Gasteiger partial charge in [0.05, 0.1) is 51.8 Å². The van der Waals surface area contributed by atoms with Gasteiger partial charge in [0.1, 0.15) is 24.4 Å². The van der Waals surface area contributed by atoms with Gasteiger partial charge in [-0.25, -0.2) is 4.79 Å². The molecular weight excluding hydrogens is 775 g/mol. The van der Waals surface area contributed by atoms with Crippen LogP contribution in [-0.4, -0.2) is 78.1 Å². The van der Waals surface area contributed by atoms with E-state index < -0.39 is 12.2 Å². The molecule has 2 aromatic rings. The predicted molar refractivity (Wildman–Crippen MR) is 241 cm³/mol. The molecule has 2 aromatic carbocycles. The van der Waals surface area contributed by atoms with Crippen molar-refractivity contribution in [1.82, 2.24) is 0 Å². The second-order valence-electron chi connectivity index (χ2n) is 16.3. The van der Waals surface area contributed by atoms with Gasteiger partial charge < -0.3 is 48.4 Å². The molecule has 0 radical (unpaired) electrons. The molecule has 12 atom stereocenters. The topological polar surface area (TPSA) is 126 Å². The van der Waals surface area contributed by atoms with E-state index in [-0.39, 0.29) is 73.0 Å². The van der Waals surface area contributed by atoms with Gasteiger partial charge in [0.25, 0.3) is 0 Å². The second kappa shape index (κ2) is 27.9. The van der Waals surface area contributed by atoms with Gasteiger partial charge in [0.2, 0.25) is 0 Å². The van der Waals surface area contributed by atoms with Crippen molar-refractivity contribution in [3.05, 3.63) is 109 Å². The molecule has 3 rings (SSSR count). The fourth-order valence-electron chi connectivity index (χ4n) is 8.20. The number of amides is 1. The van der Waals surface area contributed by atoms with E-state index in [1.807, 2.05) is 67.6 Å². The van der Waals surface area contributed by atoms with E-state index in [1.54, 1.807) is 34.5 Å². The molecule has 0 saturated carbocycles. The third-order valence-corrected chi connectivity index (χ3v) is 11.8. The van der Waals surface area contributed by atoms with Gasteiger partial charge in [-0.15, -0.1) is 0 Å². The van der Waals surface area contributed by atoms with Gasteiger partial charge in [0.15, 0.2) is 6.29 Å². The van der Waals surface area contributed by atoms with Gasteiger partial charge in [-0.05, 0) is 61.1 Å². The van der Waals surface area contributed by atoms with E-state index in [2.05, 4.69) is 65.5 Å². The maximum Gasteiger partial charge on any atom is 0.404 e. The number of carbonyl (C=O) groups is 1. The third-order valence-electron chi connectivity index (χ3n) is 11.8. The van der Waals surface area contributed by atoms with Gasteiger partial charge in [-0.1, -0.05) is 115 Å². The van der Waals surface area contributed by atoms with E-state index in [1.165, 1.54) is 0 Å². The van der Waals surface area contributed by atoms with Crippen LogP contribution < -0.4 is 15.2 Å². The molecule has 0 aromatic heterocycles. The summed E-state index contributed by atoms with van der Waals surface area (Å²) in [5.74, 6) is 1.79. The molecule has 11 nitrogen and oxygen atoms in total. The lowest BCUT2D eigenvalue weighted by atomic mass is 9.84. The first-order chi connectivity index (χ1) is 29.4. The minimum atomic E-state index is -0.811. The second-order valence-corrected chi connectivity index (χ2v) is 16.3. The highest BCUT2D eigenvalue weighted by Crippen LogP contribution is 2.35. The molecule has 1 aliphatic rings. The Bertz CT molecular complexity index is 1610. The molecule has 11 heteroatoms. The highest BCUT2D eigenvalue weighted by molar-refractivity contribution is 5.64. The molecule has 1 amide bonds. The zero-order valence-electron chi connectivity index (χ0n) is 38.4. The molecule has 1 saturated heterocycles. The highest BCUT2D eigenvalue weighted by Gasteiger charge is 2.42. The van der Waals surface area contributed by atoms with Crippen molar-refractivity contribution in [2.24, 2.45) is 41.2 Å².